The summed E-state index contributed by atoms with van der Waals surface area (Å²) >= 11 is 0. The zero-order chi connectivity index (χ0) is 28.8. The number of nitrogens with zero attached hydrogens (tertiary/aromatic N) is 8. The van der Waals surface area contributed by atoms with E-state index in [9.17, 15) is 21.6 Å². The molecule has 0 fully saturated rings. The van der Waals surface area contributed by atoms with Gasteiger partial charge in [0.05, 0.1) is 11.3 Å². The molecule has 3 aliphatic heterocycles. The second-order valence-electron chi connectivity index (χ2n) is 9.18. The van der Waals surface area contributed by atoms with Crippen LogP contribution in [0.2, 0.25) is 0 Å². The molecule has 3 aromatic rings. The molecule has 0 bridgehead atoms. The van der Waals surface area contributed by atoms with Crippen LogP contribution in [0.3, 0.4) is 0 Å². The van der Waals surface area contributed by atoms with E-state index >= 15 is 0 Å². The van der Waals surface area contributed by atoms with Crippen molar-refractivity contribution in [2.75, 3.05) is 16.6 Å². The molecule has 41 heavy (non-hydrogen) atoms. The number of anilines is 2. The first-order chi connectivity index (χ1) is 19.6. The maximum absolute atomic E-state index is 13.1. The smallest absolute Gasteiger partial charge is 0.369 e. The predicted molar refractivity (Wildman–Crippen MR) is 140 cm³/mol. The van der Waals surface area contributed by atoms with Crippen LogP contribution >= 0.6 is 0 Å². The maximum Gasteiger partial charge on any atom is 0.416 e. The fourth-order valence-electron chi connectivity index (χ4n) is 4.53. The lowest BCUT2D eigenvalue weighted by Crippen LogP contribution is -2.18. The van der Waals surface area contributed by atoms with Gasteiger partial charge in [0.1, 0.15) is 17.4 Å². The van der Waals surface area contributed by atoms with Crippen LogP contribution in [0.15, 0.2) is 53.8 Å². The number of nitrogens with one attached hydrogen (secondary N) is 3. The summed E-state index contributed by atoms with van der Waals surface area (Å²) in [5, 5.41) is 16.7. The molecule has 0 unspecified atom stereocenters. The first-order valence-electron chi connectivity index (χ1n) is 12.1. The van der Waals surface area contributed by atoms with Crippen LogP contribution < -0.4 is 15.7 Å². The van der Waals surface area contributed by atoms with Crippen molar-refractivity contribution in [1.29, 1.82) is 0 Å². The lowest BCUT2D eigenvalue weighted by Gasteiger charge is -2.19. The highest BCUT2D eigenvalue weighted by molar-refractivity contribution is 7.91. The van der Waals surface area contributed by atoms with E-state index in [2.05, 4.69) is 50.6 Å². The Hall–Kier alpha value is -4.93. The second kappa shape index (κ2) is 9.92. The molecular weight excluding hydrogens is 563 g/mol. The number of H-pyrrole nitrogens is 1. The van der Waals surface area contributed by atoms with Crippen LogP contribution in [0.25, 0.3) is 22.5 Å². The molecule has 3 aliphatic rings. The molecule has 3 N–H and O–H groups in total. The fraction of sp³-hybridized carbons (Fsp3) is 0.208. The predicted octanol–water partition coefficient (Wildman–Crippen LogP) is 2.89. The Kier molecular flexibility index (Phi) is 6.36. The van der Waals surface area contributed by atoms with Gasteiger partial charge in [0.25, 0.3) is 11.6 Å². The average molecular weight is 584 g/mol. The van der Waals surface area contributed by atoms with Crippen molar-refractivity contribution in [3.05, 3.63) is 71.2 Å². The van der Waals surface area contributed by atoms with Gasteiger partial charge < -0.3 is 9.88 Å². The third-order valence-electron chi connectivity index (χ3n) is 6.31. The first kappa shape index (κ1) is 26.3. The van der Waals surface area contributed by atoms with Crippen LogP contribution in [-0.4, -0.2) is 55.1 Å². The lowest BCUT2D eigenvalue weighted by atomic mass is 9.98. The van der Waals surface area contributed by atoms with Crippen molar-refractivity contribution in [3.63, 3.8) is 0 Å². The van der Waals surface area contributed by atoms with Crippen LogP contribution in [0.5, 0.6) is 0 Å². The second-order valence-corrected chi connectivity index (χ2v) is 10.9. The quantitative estimate of drug-likeness (QED) is 0.272. The van der Waals surface area contributed by atoms with E-state index in [-0.39, 0.29) is 22.9 Å². The van der Waals surface area contributed by atoms with Crippen LogP contribution in [0.4, 0.5) is 30.6 Å². The molecule has 0 saturated heterocycles. The van der Waals surface area contributed by atoms with Crippen LogP contribution in [0.1, 0.15) is 16.8 Å². The number of hydrogen-bond donors (Lipinski definition) is 3. The van der Waals surface area contributed by atoms with Gasteiger partial charge in [0.15, 0.2) is 0 Å². The number of rotatable bonds is 6. The third kappa shape index (κ3) is 5.43. The number of sulfonamides is 1. The van der Waals surface area contributed by atoms with Gasteiger partial charge in [0.2, 0.25) is 10.0 Å². The molecule has 0 spiro atoms. The van der Waals surface area contributed by atoms with E-state index in [0.29, 0.717) is 18.9 Å². The van der Waals surface area contributed by atoms with Crippen molar-refractivity contribution in [2.24, 2.45) is 4.99 Å². The van der Waals surface area contributed by atoms with E-state index in [0.717, 1.165) is 46.4 Å². The molecule has 2 aromatic heterocycles. The Labute approximate surface area is 230 Å². The monoisotopic (exact) mass is 583 g/mol. The van der Waals surface area contributed by atoms with Crippen molar-refractivity contribution in [3.8, 4) is 22.5 Å². The zero-order valence-electron chi connectivity index (χ0n) is 21.2. The number of hydrogen-bond acceptors (Lipinski definition) is 10. The summed E-state index contributed by atoms with van der Waals surface area (Å²) in [6.07, 6.45) is -2.04. The van der Waals surface area contributed by atoms with Crippen LogP contribution in [0, 0.1) is 6.92 Å². The molecule has 0 amide bonds. The highest BCUT2D eigenvalue weighted by atomic mass is 32.2. The van der Waals surface area contributed by atoms with Gasteiger partial charge in [-0.1, -0.05) is 11.2 Å². The van der Waals surface area contributed by atoms with Crippen molar-refractivity contribution >= 4 is 27.5 Å². The van der Waals surface area contributed by atoms with E-state index < -0.39 is 27.5 Å². The minimum absolute atomic E-state index is 0.0967. The summed E-state index contributed by atoms with van der Waals surface area (Å²) in [5.74, 6) is 0.781. The van der Waals surface area contributed by atoms with Gasteiger partial charge in [-0.05, 0) is 53.6 Å². The molecular formula is C24H20F3N11O2S. The van der Waals surface area contributed by atoms with E-state index in [1.807, 2.05) is 17.6 Å². The number of tetrazole rings is 1. The number of benzene rings is 1. The number of pyridine rings is 2. The summed E-state index contributed by atoms with van der Waals surface area (Å²) in [6.45, 7) is 3.15. The standard InChI is InChI=1S/C24H20F3N11O2S/c1-13-2-3-16(35-41(39,40)12-17-9-15(4-5-28-17)24(25,26)27)10-18(13)19-8-14-11-30-22(32-23-33-36-37-34-23)31-20(14)38-7-6-29-21(19)38/h2-5,8-11,29,35H,6-7,12H2,1H3,(H,33,34,36,37)/b32-22+. The Balaban J connectivity index is 1.34. The van der Waals surface area contributed by atoms with E-state index in [1.165, 1.54) is 0 Å². The lowest BCUT2D eigenvalue weighted by molar-refractivity contribution is -0.137. The van der Waals surface area contributed by atoms with Crippen molar-refractivity contribution in [2.45, 2.75) is 25.4 Å². The minimum atomic E-state index is -4.61. The number of fused-ring (bicyclic) bond motifs is 3. The first-order valence-corrected chi connectivity index (χ1v) is 13.8. The topological polar surface area (TPSA) is 169 Å². The number of halogens is 3. The van der Waals surface area contributed by atoms with Gasteiger partial charge in [0, 0.05) is 42.3 Å². The molecule has 0 saturated carbocycles. The summed E-state index contributed by atoms with van der Waals surface area (Å²) in [4.78, 5) is 16.8. The highest BCUT2D eigenvalue weighted by Gasteiger charge is 2.31. The van der Waals surface area contributed by atoms with Crippen LogP contribution in [-0.2, 0) is 28.5 Å². The van der Waals surface area contributed by atoms with E-state index in [1.54, 1.807) is 24.4 Å². The third-order valence-corrected chi connectivity index (χ3v) is 7.53. The van der Waals surface area contributed by atoms with Gasteiger partial charge >= 0.3 is 6.18 Å². The highest BCUT2D eigenvalue weighted by Crippen LogP contribution is 2.39. The summed E-state index contributed by atoms with van der Waals surface area (Å²) in [6, 6.07) is 8.43. The van der Waals surface area contributed by atoms with Gasteiger partial charge in [-0.2, -0.15) is 28.4 Å². The molecule has 6 rings (SSSR count). The normalized spacial score (nSPS) is 13.8. The fourth-order valence-corrected chi connectivity index (χ4v) is 5.64. The zero-order valence-corrected chi connectivity index (χ0v) is 22.0. The summed E-state index contributed by atoms with van der Waals surface area (Å²) in [5.41, 5.74) is 2.34. The van der Waals surface area contributed by atoms with E-state index in [4.69, 9.17) is 0 Å². The number of alkyl halides is 3. The molecule has 0 aliphatic carbocycles. The minimum Gasteiger partial charge on any atom is -0.369 e. The molecule has 1 aromatic carbocycles. The Morgan fingerprint density at radius 2 is 1.98 bits per heavy atom. The van der Waals surface area contributed by atoms with Gasteiger partial charge in [-0.25, -0.2) is 13.4 Å². The molecule has 0 atom stereocenters. The Morgan fingerprint density at radius 1 is 1.12 bits per heavy atom. The average Bonchev–Trinajstić information content (AvgIpc) is 3.61. The Bertz CT molecular complexity index is 1910. The molecule has 210 valence electrons. The number of aromatic nitrogens is 8. The molecule has 5 heterocycles. The van der Waals surface area contributed by atoms with Gasteiger partial charge in [-0.15, -0.1) is 5.10 Å². The number of aromatic amines is 1. The van der Waals surface area contributed by atoms with Crippen molar-refractivity contribution < 1.29 is 21.6 Å². The molecule has 17 heteroatoms. The van der Waals surface area contributed by atoms with Crippen molar-refractivity contribution in [1.82, 2.24) is 40.1 Å². The number of aryl methyl sites for hydroxylation is 1. The molecule has 13 nitrogen and oxygen atoms in total. The Morgan fingerprint density at radius 3 is 2.76 bits per heavy atom. The summed E-state index contributed by atoms with van der Waals surface area (Å²) < 4.78 is 69.4. The van der Waals surface area contributed by atoms with Gasteiger partial charge in [-0.3, -0.25) is 9.71 Å². The largest absolute Gasteiger partial charge is 0.416 e. The maximum atomic E-state index is 13.1. The SMILES string of the molecule is Cc1ccc(NS(=O)(=O)Cc2cc(C(F)(F)F)ccn2)cc1-c1cc2cn/c(=N\c3nn[nH]n3)nc-2n2c1NCC2. The summed E-state index contributed by atoms with van der Waals surface area (Å²) in [7, 11) is -4.08. The molecule has 0 radical (unpaired) electrons.